The molecule has 1 saturated heterocycles. The molecule has 46 heavy (non-hydrogen) atoms. The minimum Gasteiger partial charge on any atom is -0.497 e. The third kappa shape index (κ3) is 8.15. The molecule has 0 atom stereocenters. The molecule has 7 nitrogen and oxygen atoms in total. The highest BCUT2D eigenvalue weighted by molar-refractivity contribution is 7.98. The molecule has 0 unspecified atom stereocenters. The number of hydrogen-bond acceptors (Lipinski definition) is 8. The Morgan fingerprint density at radius 3 is 2.37 bits per heavy atom. The van der Waals surface area contributed by atoms with Gasteiger partial charge in [-0.3, -0.25) is 4.90 Å². The van der Waals surface area contributed by atoms with E-state index >= 15 is 0 Å². The molecule has 0 amide bonds. The standard InChI is InChI=1S/C34H36F3N3O4S2/c1-22-18-27(12-13-29(22)44-33(2,3)32(41)42)45-21-30-28(38-31(46-30)23-8-10-24(11-9-23)34(35,36)37)20-39-14-16-40(17-15-39)25-6-5-7-26(19-25)43-4/h5-13,18-19H,14-17,20-21H2,1-4H3,(H,41,42). The fraction of sp³-hybridized carbons (Fsp3) is 0.353. The Hall–Kier alpha value is -3.74. The van der Waals surface area contributed by atoms with E-state index in [1.54, 1.807) is 24.9 Å². The van der Waals surface area contributed by atoms with Crippen molar-refractivity contribution in [1.29, 1.82) is 0 Å². The lowest BCUT2D eigenvalue weighted by Crippen LogP contribution is -2.46. The van der Waals surface area contributed by atoms with Crippen LogP contribution in [0.15, 0.2) is 71.6 Å². The smallest absolute Gasteiger partial charge is 0.416 e. The number of aryl methyl sites for hydroxylation is 1. The first kappa shape index (κ1) is 33.6. The summed E-state index contributed by atoms with van der Waals surface area (Å²) < 4.78 is 50.7. The molecule has 0 aliphatic carbocycles. The molecule has 1 aliphatic heterocycles. The van der Waals surface area contributed by atoms with Crippen molar-refractivity contribution in [2.24, 2.45) is 0 Å². The second-order valence-electron chi connectivity index (χ2n) is 11.6. The van der Waals surface area contributed by atoms with Gasteiger partial charge in [0, 0.05) is 65.6 Å². The van der Waals surface area contributed by atoms with Gasteiger partial charge in [0.15, 0.2) is 5.60 Å². The highest BCUT2D eigenvalue weighted by Gasteiger charge is 2.31. The summed E-state index contributed by atoms with van der Waals surface area (Å²) in [5.41, 5.74) is 1.47. The first-order valence-corrected chi connectivity index (χ1v) is 16.6. The number of aromatic nitrogens is 1. The molecule has 0 bridgehead atoms. The number of hydrogen-bond donors (Lipinski definition) is 1. The van der Waals surface area contributed by atoms with E-state index in [-0.39, 0.29) is 0 Å². The lowest BCUT2D eigenvalue weighted by atomic mass is 10.1. The zero-order valence-corrected chi connectivity index (χ0v) is 27.7. The van der Waals surface area contributed by atoms with E-state index in [9.17, 15) is 23.1 Å². The van der Waals surface area contributed by atoms with Gasteiger partial charge in [-0.1, -0.05) is 18.2 Å². The number of anilines is 1. The molecular formula is C34H36F3N3O4S2. The van der Waals surface area contributed by atoms with Crippen LogP contribution in [0.1, 0.15) is 35.5 Å². The molecule has 4 aromatic rings. The number of thiazole rings is 1. The topological polar surface area (TPSA) is 75.1 Å². The van der Waals surface area contributed by atoms with Gasteiger partial charge in [-0.05, 0) is 68.8 Å². The fourth-order valence-electron chi connectivity index (χ4n) is 5.02. The van der Waals surface area contributed by atoms with Gasteiger partial charge in [-0.2, -0.15) is 13.2 Å². The number of carbonyl (C=O) groups is 1. The fourth-order valence-corrected chi connectivity index (χ4v) is 7.19. The van der Waals surface area contributed by atoms with Crippen molar-refractivity contribution in [1.82, 2.24) is 9.88 Å². The zero-order chi connectivity index (χ0) is 33.1. The van der Waals surface area contributed by atoms with E-state index in [2.05, 4.69) is 15.9 Å². The molecule has 5 rings (SSSR count). The summed E-state index contributed by atoms with van der Waals surface area (Å²) in [6, 6.07) is 18.8. The number of rotatable bonds is 11. The average molecular weight is 672 g/mol. The number of aliphatic carboxylic acids is 1. The van der Waals surface area contributed by atoms with E-state index < -0.39 is 23.3 Å². The molecule has 0 radical (unpaired) electrons. The van der Waals surface area contributed by atoms with E-state index in [1.807, 2.05) is 37.3 Å². The summed E-state index contributed by atoms with van der Waals surface area (Å²) in [7, 11) is 1.66. The molecule has 244 valence electrons. The maximum atomic E-state index is 13.2. The maximum Gasteiger partial charge on any atom is 0.416 e. The number of benzene rings is 3. The van der Waals surface area contributed by atoms with E-state index in [0.717, 1.165) is 70.8 Å². The molecule has 0 spiro atoms. The molecule has 1 aliphatic rings. The van der Waals surface area contributed by atoms with Crippen LogP contribution in [-0.2, 0) is 23.3 Å². The number of methoxy groups -OCH3 is 1. The second kappa shape index (κ2) is 13.9. The lowest BCUT2D eigenvalue weighted by molar-refractivity contribution is -0.152. The number of carboxylic acid groups (broad SMARTS) is 1. The van der Waals surface area contributed by atoms with Crippen LogP contribution in [0.5, 0.6) is 11.5 Å². The predicted octanol–water partition coefficient (Wildman–Crippen LogP) is 8.00. The summed E-state index contributed by atoms with van der Waals surface area (Å²) >= 11 is 3.12. The quantitative estimate of drug-likeness (QED) is 0.161. The Bertz CT molecular complexity index is 1670. The van der Waals surface area contributed by atoms with E-state index in [4.69, 9.17) is 14.5 Å². The zero-order valence-electron chi connectivity index (χ0n) is 26.1. The van der Waals surface area contributed by atoms with Crippen molar-refractivity contribution in [2.45, 2.75) is 49.7 Å². The monoisotopic (exact) mass is 671 g/mol. The number of alkyl halides is 3. The molecular weight excluding hydrogens is 636 g/mol. The number of nitrogens with zero attached hydrogens (tertiary/aromatic N) is 3. The Morgan fingerprint density at radius 1 is 1.02 bits per heavy atom. The molecule has 2 heterocycles. The third-order valence-electron chi connectivity index (χ3n) is 7.80. The van der Waals surface area contributed by atoms with Crippen LogP contribution in [0.2, 0.25) is 0 Å². The summed E-state index contributed by atoms with van der Waals surface area (Å²) in [4.78, 5) is 23.2. The van der Waals surface area contributed by atoms with Crippen LogP contribution in [0.25, 0.3) is 10.6 Å². The first-order valence-electron chi connectivity index (χ1n) is 14.8. The highest BCUT2D eigenvalue weighted by atomic mass is 32.2. The van der Waals surface area contributed by atoms with Crippen molar-refractivity contribution in [3.63, 3.8) is 0 Å². The summed E-state index contributed by atoms with van der Waals surface area (Å²) in [5.74, 6) is 0.904. The van der Waals surface area contributed by atoms with Crippen molar-refractivity contribution in [2.75, 3.05) is 38.2 Å². The predicted molar refractivity (Wildman–Crippen MR) is 176 cm³/mol. The largest absolute Gasteiger partial charge is 0.497 e. The van der Waals surface area contributed by atoms with Crippen LogP contribution >= 0.6 is 23.1 Å². The van der Waals surface area contributed by atoms with Gasteiger partial charge < -0.3 is 19.5 Å². The summed E-state index contributed by atoms with van der Waals surface area (Å²) in [6.45, 7) is 8.90. The van der Waals surface area contributed by atoms with Crippen molar-refractivity contribution in [3.05, 3.63) is 88.4 Å². The second-order valence-corrected chi connectivity index (χ2v) is 13.7. The average Bonchev–Trinajstić information content (AvgIpc) is 3.43. The number of piperazine rings is 1. The molecule has 1 N–H and O–H groups in total. The molecule has 1 fully saturated rings. The van der Waals surface area contributed by atoms with Crippen molar-refractivity contribution >= 4 is 34.8 Å². The Balaban J connectivity index is 1.32. The van der Waals surface area contributed by atoms with Gasteiger partial charge in [-0.25, -0.2) is 9.78 Å². The normalized spacial score (nSPS) is 14.4. The van der Waals surface area contributed by atoms with Crippen molar-refractivity contribution < 1.29 is 32.5 Å². The van der Waals surface area contributed by atoms with Crippen molar-refractivity contribution in [3.8, 4) is 22.1 Å². The first-order chi connectivity index (χ1) is 21.8. The third-order valence-corrected chi connectivity index (χ3v) is 10.1. The van der Waals surface area contributed by atoms with Gasteiger partial charge in [0.1, 0.15) is 16.5 Å². The number of halogens is 3. The van der Waals surface area contributed by atoms with Crippen LogP contribution in [0.4, 0.5) is 18.9 Å². The summed E-state index contributed by atoms with van der Waals surface area (Å²) in [5, 5.41) is 10.1. The SMILES string of the molecule is COc1cccc(N2CCN(Cc3nc(-c4ccc(C(F)(F)F)cc4)sc3CSc3ccc(OC(C)(C)C(=O)O)c(C)c3)CC2)c1. The lowest BCUT2D eigenvalue weighted by Gasteiger charge is -2.36. The number of thioether (sulfide) groups is 1. The maximum absolute atomic E-state index is 13.2. The summed E-state index contributed by atoms with van der Waals surface area (Å²) in [6.07, 6.45) is -4.40. The molecule has 0 saturated carbocycles. The van der Waals surface area contributed by atoms with Gasteiger partial charge in [0.2, 0.25) is 0 Å². The highest BCUT2D eigenvalue weighted by Crippen LogP contribution is 2.37. The minimum absolute atomic E-state index is 0.507. The van der Waals surface area contributed by atoms with Gasteiger partial charge in [0.25, 0.3) is 0 Å². The molecule has 3 aromatic carbocycles. The van der Waals surface area contributed by atoms with Crippen LogP contribution < -0.4 is 14.4 Å². The Morgan fingerprint density at radius 2 is 1.74 bits per heavy atom. The van der Waals surface area contributed by atoms with Gasteiger partial charge >= 0.3 is 12.1 Å². The van der Waals surface area contributed by atoms with Gasteiger partial charge in [-0.15, -0.1) is 23.1 Å². The van der Waals surface area contributed by atoms with Crippen LogP contribution in [-0.4, -0.2) is 59.8 Å². The Kier molecular flexibility index (Phi) is 10.2. The van der Waals surface area contributed by atoms with E-state index in [1.165, 1.54) is 37.3 Å². The number of carboxylic acids is 1. The Labute approximate surface area is 275 Å². The molecule has 1 aromatic heterocycles. The number of ether oxygens (including phenoxy) is 2. The van der Waals surface area contributed by atoms with Crippen LogP contribution in [0, 0.1) is 6.92 Å². The molecule has 12 heteroatoms. The van der Waals surface area contributed by atoms with Gasteiger partial charge in [0.05, 0.1) is 18.4 Å². The van der Waals surface area contributed by atoms with Crippen LogP contribution in [0.3, 0.4) is 0 Å². The van der Waals surface area contributed by atoms with E-state index in [0.29, 0.717) is 28.6 Å². The minimum atomic E-state index is -4.40.